The Morgan fingerprint density at radius 1 is 1.23 bits per heavy atom. The molecule has 0 saturated heterocycles. The molecule has 1 aromatic heterocycles. The molecular weight excluding hydrogens is 356 g/mol. The molecule has 2 aromatic rings. The molecule has 1 aromatic carbocycles. The number of rotatable bonds is 7. The highest BCUT2D eigenvalue weighted by Crippen LogP contribution is 2.31. The fourth-order valence-corrected chi connectivity index (χ4v) is 3.30. The highest BCUT2D eigenvalue weighted by Gasteiger charge is 2.16. The molecule has 0 spiro atoms. The number of hydrogen-bond acceptors (Lipinski definition) is 7. The Labute approximate surface area is 155 Å². The zero-order valence-electron chi connectivity index (χ0n) is 14.4. The number of amides is 1. The molecule has 0 bridgehead atoms. The van der Waals surface area contributed by atoms with Gasteiger partial charge >= 0.3 is 0 Å². The predicted octanol–water partition coefficient (Wildman–Crippen LogP) is 1.37. The van der Waals surface area contributed by atoms with Crippen molar-refractivity contribution < 1.29 is 19.1 Å². The van der Waals surface area contributed by atoms with Gasteiger partial charge in [-0.2, -0.15) is 0 Å². The second-order valence-corrected chi connectivity index (χ2v) is 6.79. The fraction of sp³-hybridized carbons (Fsp3) is 0.412. The summed E-state index contributed by atoms with van der Waals surface area (Å²) in [5, 5.41) is 8.73. The van der Waals surface area contributed by atoms with E-state index in [4.69, 9.17) is 15.2 Å². The van der Waals surface area contributed by atoms with Gasteiger partial charge in [-0.15, -0.1) is 10.2 Å². The first-order valence-corrected chi connectivity index (χ1v) is 9.25. The Kier molecular flexibility index (Phi) is 5.77. The van der Waals surface area contributed by atoms with Gasteiger partial charge in [-0.25, -0.2) is 0 Å². The summed E-state index contributed by atoms with van der Waals surface area (Å²) in [6.07, 6.45) is 1.46. The van der Waals surface area contributed by atoms with Crippen LogP contribution in [0.5, 0.6) is 11.5 Å². The molecule has 9 heteroatoms. The van der Waals surface area contributed by atoms with Gasteiger partial charge in [-0.1, -0.05) is 11.8 Å². The Balaban J connectivity index is 1.62. The summed E-state index contributed by atoms with van der Waals surface area (Å²) in [5.74, 6) is 1.74. The molecule has 1 aliphatic rings. The Hall–Kier alpha value is -2.55. The molecule has 0 radical (unpaired) electrons. The minimum absolute atomic E-state index is 0.0349. The zero-order chi connectivity index (χ0) is 18.5. The van der Waals surface area contributed by atoms with Crippen LogP contribution in [0.25, 0.3) is 0 Å². The average molecular weight is 376 g/mol. The van der Waals surface area contributed by atoms with Crippen molar-refractivity contribution in [1.29, 1.82) is 0 Å². The topological polar surface area (TPSA) is 109 Å². The third-order valence-electron chi connectivity index (χ3n) is 3.92. The van der Waals surface area contributed by atoms with Gasteiger partial charge in [0.05, 0.1) is 19.0 Å². The van der Waals surface area contributed by atoms with E-state index >= 15 is 0 Å². The summed E-state index contributed by atoms with van der Waals surface area (Å²) in [4.78, 5) is 23.4. The summed E-state index contributed by atoms with van der Waals surface area (Å²) in [7, 11) is 1.80. The zero-order valence-corrected chi connectivity index (χ0v) is 15.3. The van der Waals surface area contributed by atoms with E-state index in [9.17, 15) is 9.59 Å². The van der Waals surface area contributed by atoms with E-state index in [1.54, 1.807) is 29.8 Å². The number of carbonyl (C=O) groups is 2. The number of fused-ring (bicyclic) bond motifs is 1. The van der Waals surface area contributed by atoms with E-state index in [1.165, 1.54) is 11.8 Å². The average Bonchev–Trinajstić information content (AvgIpc) is 2.82. The number of thioether (sulfide) groups is 1. The normalized spacial score (nSPS) is 13.3. The molecule has 0 unspecified atom stereocenters. The summed E-state index contributed by atoms with van der Waals surface area (Å²) >= 11 is 1.30. The quantitative estimate of drug-likeness (QED) is 0.574. The number of nitrogens with zero attached hydrogens (tertiary/aromatic N) is 3. The van der Waals surface area contributed by atoms with E-state index in [0.29, 0.717) is 47.7 Å². The molecular formula is C17H20N4O4S. The van der Waals surface area contributed by atoms with Gasteiger partial charge in [0.1, 0.15) is 5.82 Å². The monoisotopic (exact) mass is 376 g/mol. The molecule has 2 N–H and O–H groups in total. The van der Waals surface area contributed by atoms with Crippen LogP contribution in [0.15, 0.2) is 23.4 Å². The Morgan fingerprint density at radius 2 is 2.00 bits per heavy atom. The molecule has 1 amide bonds. The first kappa shape index (κ1) is 18.2. The summed E-state index contributed by atoms with van der Waals surface area (Å²) in [6.45, 7) is 1.19. The SMILES string of the molecule is Cn1c(CCC(N)=O)nnc1SCC(=O)c1ccc2c(c1)OCCCO2. The van der Waals surface area contributed by atoms with Crippen molar-refractivity contribution in [2.75, 3.05) is 19.0 Å². The molecule has 0 aliphatic carbocycles. The van der Waals surface area contributed by atoms with Crippen molar-refractivity contribution in [3.05, 3.63) is 29.6 Å². The smallest absolute Gasteiger partial charge is 0.217 e. The van der Waals surface area contributed by atoms with E-state index in [1.807, 2.05) is 0 Å². The Bertz CT molecular complexity index is 821. The number of Topliss-reactive ketones (excluding diaryl/α,β-unsaturated/α-hetero) is 1. The molecule has 1 aliphatic heterocycles. The van der Waals surface area contributed by atoms with Gasteiger partial charge in [0.25, 0.3) is 0 Å². The van der Waals surface area contributed by atoms with Crippen LogP contribution in [0.3, 0.4) is 0 Å². The van der Waals surface area contributed by atoms with Gasteiger partial charge in [0, 0.05) is 31.9 Å². The van der Waals surface area contributed by atoms with E-state index in [0.717, 1.165) is 6.42 Å². The third-order valence-corrected chi connectivity index (χ3v) is 4.94. The van der Waals surface area contributed by atoms with Crippen LogP contribution >= 0.6 is 11.8 Å². The summed E-state index contributed by atoms with van der Waals surface area (Å²) < 4.78 is 13.0. The number of primary amides is 1. The molecule has 3 rings (SSSR count). The lowest BCUT2D eigenvalue weighted by Gasteiger charge is -2.08. The number of ether oxygens (including phenoxy) is 2. The Morgan fingerprint density at radius 3 is 2.77 bits per heavy atom. The van der Waals surface area contributed by atoms with Crippen LogP contribution in [0.1, 0.15) is 29.0 Å². The van der Waals surface area contributed by atoms with Crippen molar-refractivity contribution in [2.45, 2.75) is 24.4 Å². The molecule has 2 heterocycles. The van der Waals surface area contributed by atoms with Gasteiger partial charge in [0.15, 0.2) is 22.4 Å². The molecule has 0 atom stereocenters. The van der Waals surface area contributed by atoms with Crippen LogP contribution in [0.2, 0.25) is 0 Å². The first-order chi connectivity index (χ1) is 12.5. The molecule has 0 fully saturated rings. The molecule has 138 valence electrons. The molecule has 26 heavy (non-hydrogen) atoms. The lowest BCUT2D eigenvalue weighted by Crippen LogP contribution is -2.13. The number of carbonyl (C=O) groups excluding carboxylic acids is 2. The second kappa shape index (κ2) is 8.22. The lowest BCUT2D eigenvalue weighted by molar-refractivity contribution is -0.118. The lowest BCUT2D eigenvalue weighted by atomic mass is 10.1. The maximum Gasteiger partial charge on any atom is 0.217 e. The fourth-order valence-electron chi connectivity index (χ4n) is 2.47. The van der Waals surface area contributed by atoms with Crippen molar-refractivity contribution in [3.8, 4) is 11.5 Å². The van der Waals surface area contributed by atoms with Gasteiger partial charge in [-0.3, -0.25) is 9.59 Å². The standard InChI is InChI=1S/C17H20N4O4S/c1-21-16(6-5-15(18)23)19-20-17(21)26-10-12(22)11-3-4-13-14(9-11)25-8-2-7-24-13/h3-4,9H,2,5-8,10H2,1H3,(H2,18,23). The third kappa shape index (κ3) is 4.34. The summed E-state index contributed by atoms with van der Waals surface area (Å²) in [6, 6.07) is 5.23. The van der Waals surface area contributed by atoms with Crippen molar-refractivity contribution in [1.82, 2.24) is 14.8 Å². The number of hydrogen-bond donors (Lipinski definition) is 1. The summed E-state index contributed by atoms with van der Waals surface area (Å²) in [5.41, 5.74) is 5.72. The molecule has 0 saturated carbocycles. The van der Waals surface area contributed by atoms with E-state index in [-0.39, 0.29) is 23.9 Å². The van der Waals surface area contributed by atoms with Crippen LogP contribution in [0, 0.1) is 0 Å². The van der Waals surface area contributed by atoms with Crippen molar-refractivity contribution in [2.24, 2.45) is 12.8 Å². The van der Waals surface area contributed by atoms with Gasteiger partial charge in [0.2, 0.25) is 5.91 Å². The van der Waals surface area contributed by atoms with Crippen molar-refractivity contribution in [3.63, 3.8) is 0 Å². The van der Waals surface area contributed by atoms with E-state index in [2.05, 4.69) is 10.2 Å². The number of nitrogens with two attached hydrogens (primary N) is 1. The molecule has 8 nitrogen and oxygen atoms in total. The minimum atomic E-state index is -0.383. The van der Waals surface area contributed by atoms with E-state index < -0.39 is 0 Å². The number of benzene rings is 1. The highest BCUT2D eigenvalue weighted by molar-refractivity contribution is 7.99. The number of aryl methyl sites for hydroxylation is 1. The predicted molar refractivity (Wildman–Crippen MR) is 95.6 cm³/mol. The number of aromatic nitrogens is 3. The van der Waals surface area contributed by atoms with Crippen LogP contribution in [-0.2, 0) is 18.3 Å². The van der Waals surface area contributed by atoms with Crippen molar-refractivity contribution >= 4 is 23.5 Å². The van der Waals surface area contributed by atoms with Crippen LogP contribution < -0.4 is 15.2 Å². The second-order valence-electron chi connectivity index (χ2n) is 5.85. The van der Waals surface area contributed by atoms with Gasteiger partial charge < -0.3 is 19.8 Å². The van der Waals surface area contributed by atoms with Crippen LogP contribution in [0.4, 0.5) is 0 Å². The van der Waals surface area contributed by atoms with Crippen LogP contribution in [-0.4, -0.2) is 45.4 Å². The maximum absolute atomic E-state index is 12.5. The first-order valence-electron chi connectivity index (χ1n) is 8.27. The highest BCUT2D eigenvalue weighted by atomic mass is 32.2. The van der Waals surface area contributed by atoms with Gasteiger partial charge in [-0.05, 0) is 18.2 Å². The maximum atomic E-state index is 12.5. The minimum Gasteiger partial charge on any atom is -0.490 e. The largest absolute Gasteiger partial charge is 0.490 e. The number of ketones is 1.